The first-order valence-electron chi connectivity index (χ1n) is 9.55. The lowest BCUT2D eigenvalue weighted by atomic mass is 9.76. The fourth-order valence-corrected chi connectivity index (χ4v) is 6.14. The molecule has 0 aromatic heterocycles. The Morgan fingerprint density at radius 2 is 1.64 bits per heavy atom. The predicted octanol–water partition coefficient (Wildman–Crippen LogP) is 3.94. The third-order valence-electron chi connectivity index (χ3n) is 4.72. The molecule has 0 amide bonds. The minimum Gasteiger partial charge on any atom is -0.374 e. The summed E-state index contributed by atoms with van der Waals surface area (Å²) in [5.74, 6) is 0.569. The third-order valence-corrected chi connectivity index (χ3v) is 7.80. The molecule has 5 heteroatoms. The normalized spacial score (nSPS) is 18.6. The predicted molar refractivity (Wildman–Crippen MR) is 104 cm³/mol. The molecular formula is C20H33NO3Si. The van der Waals surface area contributed by atoms with E-state index in [-0.39, 0.29) is 6.04 Å². The van der Waals surface area contributed by atoms with Gasteiger partial charge >= 0.3 is 8.80 Å². The van der Waals surface area contributed by atoms with Crippen molar-refractivity contribution in [1.29, 1.82) is 0 Å². The maximum absolute atomic E-state index is 6.51. The van der Waals surface area contributed by atoms with Gasteiger partial charge in [-0.2, -0.15) is 0 Å². The molecule has 1 aliphatic carbocycles. The van der Waals surface area contributed by atoms with Crippen LogP contribution in [0.15, 0.2) is 42.0 Å². The van der Waals surface area contributed by atoms with E-state index >= 15 is 0 Å². The highest BCUT2D eigenvalue weighted by Crippen LogP contribution is 2.34. The molecule has 0 heterocycles. The summed E-state index contributed by atoms with van der Waals surface area (Å²) in [4.78, 5) is 0. The van der Waals surface area contributed by atoms with Crippen LogP contribution in [-0.4, -0.2) is 34.7 Å². The molecule has 2 unspecified atom stereocenters. The molecule has 1 aromatic rings. The zero-order valence-corrected chi connectivity index (χ0v) is 16.9. The van der Waals surface area contributed by atoms with Crippen molar-refractivity contribution in [1.82, 2.24) is 0 Å². The van der Waals surface area contributed by atoms with Crippen LogP contribution in [0.2, 0.25) is 6.04 Å². The van der Waals surface area contributed by atoms with Gasteiger partial charge in [-0.15, -0.1) is 0 Å². The molecule has 1 aromatic carbocycles. The van der Waals surface area contributed by atoms with E-state index in [0.29, 0.717) is 25.7 Å². The van der Waals surface area contributed by atoms with Gasteiger partial charge in [0.05, 0.1) is 0 Å². The zero-order valence-electron chi connectivity index (χ0n) is 15.9. The Bertz CT molecular complexity index is 518. The standard InChI is InChI=1S/C20H33NO3Si/c1-4-22-25(23-5-2,24-6-3)15-14-20(21)19-13-12-18(19)16-17-10-8-7-9-11-17/h7-11,13,18,20H,4-6,12,14-16,21H2,1-3H3. The highest BCUT2D eigenvalue weighted by atomic mass is 28.4. The second-order valence-electron chi connectivity index (χ2n) is 6.45. The van der Waals surface area contributed by atoms with Crippen molar-refractivity contribution in [3.8, 4) is 0 Å². The van der Waals surface area contributed by atoms with Crippen LogP contribution in [0, 0.1) is 5.92 Å². The Balaban J connectivity index is 1.90. The number of allylic oxidation sites excluding steroid dienone is 1. The molecule has 4 nitrogen and oxygen atoms in total. The van der Waals surface area contributed by atoms with Crippen molar-refractivity contribution in [3.05, 3.63) is 47.5 Å². The number of hydrogen-bond acceptors (Lipinski definition) is 4. The van der Waals surface area contributed by atoms with Crippen LogP contribution in [0.3, 0.4) is 0 Å². The van der Waals surface area contributed by atoms with E-state index in [0.717, 1.165) is 25.3 Å². The lowest BCUT2D eigenvalue weighted by Gasteiger charge is -2.34. The highest BCUT2D eigenvalue weighted by Gasteiger charge is 2.41. The van der Waals surface area contributed by atoms with Gasteiger partial charge in [0.1, 0.15) is 0 Å². The molecule has 0 aliphatic heterocycles. The van der Waals surface area contributed by atoms with E-state index < -0.39 is 8.80 Å². The topological polar surface area (TPSA) is 53.7 Å². The van der Waals surface area contributed by atoms with E-state index in [2.05, 4.69) is 36.4 Å². The quantitative estimate of drug-likeness (QED) is 0.451. The molecule has 140 valence electrons. The minimum atomic E-state index is -2.60. The van der Waals surface area contributed by atoms with Crippen LogP contribution in [0.4, 0.5) is 0 Å². The monoisotopic (exact) mass is 363 g/mol. The van der Waals surface area contributed by atoms with Crippen molar-refractivity contribution in [2.45, 2.75) is 52.1 Å². The van der Waals surface area contributed by atoms with Crippen LogP contribution in [-0.2, 0) is 19.7 Å². The summed E-state index contributed by atoms with van der Waals surface area (Å²) in [5.41, 5.74) is 9.27. The average Bonchev–Trinajstić information content (AvgIpc) is 2.59. The summed E-state index contributed by atoms with van der Waals surface area (Å²) in [6.07, 6.45) is 5.35. The fraction of sp³-hybridized carbons (Fsp3) is 0.600. The Labute approximate surface area is 153 Å². The molecule has 2 N–H and O–H groups in total. The van der Waals surface area contributed by atoms with Crippen LogP contribution in [0.25, 0.3) is 0 Å². The number of benzene rings is 1. The van der Waals surface area contributed by atoms with Crippen molar-refractivity contribution in [2.24, 2.45) is 11.7 Å². The van der Waals surface area contributed by atoms with Crippen molar-refractivity contribution in [3.63, 3.8) is 0 Å². The minimum absolute atomic E-state index is 0.0655. The smallest absolute Gasteiger partial charge is 0.374 e. The second kappa shape index (κ2) is 10.2. The Morgan fingerprint density at radius 3 is 2.12 bits per heavy atom. The maximum atomic E-state index is 6.51. The lowest BCUT2D eigenvalue weighted by molar-refractivity contribution is 0.0704. The van der Waals surface area contributed by atoms with E-state index in [9.17, 15) is 0 Å². The van der Waals surface area contributed by atoms with Crippen LogP contribution < -0.4 is 5.73 Å². The van der Waals surface area contributed by atoms with Gasteiger partial charge < -0.3 is 19.0 Å². The summed E-state index contributed by atoms with van der Waals surface area (Å²) >= 11 is 0. The van der Waals surface area contributed by atoms with Crippen molar-refractivity contribution >= 4 is 8.80 Å². The molecule has 0 saturated carbocycles. The Hall–Kier alpha value is -0.983. The van der Waals surface area contributed by atoms with Crippen molar-refractivity contribution in [2.75, 3.05) is 19.8 Å². The Morgan fingerprint density at radius 1 is 1.04 bits per heavy atom. The molecule has 0 spiro atoms. The summed E-state index contributed by atoms with van der Waals surface area (Å²) in [7, 11) is -2.60. The summed E-state index contributed by atoms with van der Waals surface area (Å²) in [6.45, 7) is 7.81. The van der Waals surface area contributed by atoms with E-state index in [1.54, 1.807) is 0 Å². The molecule has 0 bridgehead atoms. The largest absolute Gasteiger partial charge is 0.500 e. The summed E-state index contributed by atoms with van der Waals surface area (Å²) < 4.78 is 17.8. The lowest BCUT2D eigenvalue weighted by Crippen LogP contribution is -2.47. The van der Waals surface area contributed by atoms with Gasteiger partial charge in [0, 0.05) is 31.9 Å². The van der Waals surface area contributed by atoms with Gasteiger partial charge in [-0.05, 0) is 51.5 Å². The second-order valence-corrected chi connectivity index (χ2v) is 9.19. The zero-order chi connectivity index (χ0) is 18.1. The van der Waals surface area contributed by atoms with E-state index in [1.807, 2.05) is 20.8 Å². The van der Waals surface area contributed by atoms with Gasteiger partial charge in [0.15, 0.2) is 0 Å². The molecule has 1 aliphatic rings. The van der Waals surface area contributed by atoms with Crippen LogP contribution in [0.5, 0.6) is 0 Å². The highest BCUT2D eigenvalue weighted by molar-refractivity contribution is 6.60. The fourth-order valence-electron chi connectivity index (χ4n) is 3.47. The number of hydrogen-bond donors (Lipinski definition) is 1. The Kier molecular flexibility index (Phi) is 8.32. The van der Waals surface area contributed by atoms with Crippen molar-refractivity contribution < 1.29 is 13.3 Å². The van der Waals surface area contributed by atoms with E-state index in [1.165, 1.54) is 11.1 Å². The molecule has 0 fully saturated rings. The number of rotatable bonds is 12. The molecule has 2 atom stereocenters. The number of nitrogens with two attached hydrogens (primary N) is 1. The van der Waals surface area contributed by atoms with Gasteiger partial charge in [-0.1, -0.05) is 42.0 Å². The van der Waals surface area contributed by atoms with Crippen LogP contribution >= 0.6 is 0 Å². The van der Waals surface area contributed by atoms with Gasteiger partial charge in [0.25, 0.3) is 0 Å². The average molecular weight is 364 g/mol. The molecule has 2 rings (SSSR count). The summed E-state index contributed by atoms with van der Waals surface area (Å²) in [5, 5.41) is 0. The first-order valence-corrected chi connectivity index (χ1v) is 11.5. The maximum Gasteiger partial charge on any atom is 0.500 e. The SMILES string of the molecule is CCO[Si](CCC(N)C1=CCC1Cc1ccccc1)(OCC)OCC. The molecule has 0 saturated heterocycles. The summed E-state index contributed by atoms with van der Waals surface area (Å²) in [6, 6.07) is 11.5. The molecule has 25 heavy (non-hydrogen) atoms. The first-order chi connectivity index (χ1) is 12.1. The van der Waals surface area contributed by atoms with E-state index in [4.69, 9.17) is 19.0 Å². The first kappa shape index (κ1) is 20.3. The van der Waals surface area contributed by atoms with Gasteiger partial charge in [-0.25, -0.2) is 0 Å². The van der Waals surface area contributed by atoms with Gasteiger partial charge in [-0.3, -0.25) is 0 Å². The molecule has 0 radical (unpaired) electrons. The molecular weight excluding hydrogens is 330 g/mol. The third kappa shape index (κ3) is 5.76. The van der Waals surface area contributed by atoms with Crippen LogP contribution in [0.1, 0.15) is 39.2 Å². The van der Waals surface area contributed by atoms with Gasteiger partial charge in [0.2, 0.25) is 0 Å².